The van der Waals surface area contributed by atoms with E-state index in [9.17, 15) is 9.59 Å². The lowest BCUT2D eigenvalue weighted by molar-refractivity contribution is -0.115. The summed E-state index contributed by atoms with van der Waals surface area (Å²) in [4.78, 5) is 27.5. The summed E-state index contributed by atoms with van der Waals surface area (Å²) in [7, 11) is 1.55. The Balaban J connectivity index is 2.03. The van der Waals surface area contributed by atoms with Crippen LogP contribution in [0.1, 0.15) is 21.5 Å². The molecule has 0 spiro atoms. The van der Waals surface area contributed by atoms with Gasteiger partial charge in [0.15, 0.2) is 0 Å². The van der Waals surface area contributed by atoms with E-state index in [-0.39, 0.29) is 18.2 Å². The number of pyridine rings is 1. The van der Waals surface area contributed by atoms with Gasteiger partial charge in [-0.1, -0.05) is 29.8 Å². The van der Waals surface area contributed by atoms with Crippen LogP contribution >= 0.6 is 11.6 Å². The van der Waals surface area contributed by atoms with Gasteiger partial charge < -0.3 is 10.6 Å². The standard InChI is InChI=1S/C16H16ClN3O2/c1-10-4-3-5-11(15(10)17)8-14(21)20-13-7-6-12(9-19-13)16(22)18-2/h3-7,9H,8H2,1-2H3,(H,18,22)(H,19,20,21). The fourth-order valence-electron chi connectivity index (χ4n) is 1.95. The predicted octanol–water partition coefficient (Wildman–Crippen LogP) is 2.58. The minimum atomic E-state index is -0.225. The highest BCUT2D eigenvalue weighted by Gasteiger charge is 2.10. The molecule has 1 aromatic heterocycles. The van der Waals surface area contributed by atoms with Gasteiger partial charge in [-0.05, 0) is 30.2 Å². The molecule has 0 aliphatic carbocycles. The minimum Gasteiger partial charge on any atom is -0.355 e. The Morgan fingerprint density at radius 1 is 1.23 bits per heavy atom. The summed E-state index contributed by atoms with van der Waals surface area (Å²) in [6, 6.07) is 8.75. The highest BCUT2D eigenvalue weighted by molar-refractivity contribution is 6.32. The third kappa shape index (κ3) is 3.83. The smallest absolute Gasteiger partial charge is 0.252 e. The maximum absolute atomic E-state index is 12.0. The van der Waals surface area contributed by atoms with Crippen molar-refractivity contribution in [1.82, 2.24) is 10.3 Å². The zero-order valence-electron chi connectivity index (χ0n) is 12.3. The van der Waals surface area contributed by atoms with Crippen LogP contribution < -0.4 is 10.6 Å². The first-order valence-electron chi connectivity index (χ1n) is 6.73. The quantitative estimate of drug-likeness (QED) is 0.910. The molecule has 0 saturated carbocycles. The number of halogens is 1. The fourth-order valence-corrected chi connectivity index (χ4v) is 2.14. The van der Waals surface area contributed by atoms with E-state index in [1.807, 2.05) is 25.1 Å². The van der Waals surface area contributed by atoms with E-state index in [2.05, 4.69) is 15.6 Å². The van der Waals surface area contributed by atoms with Crippen molar-refractivity contribution in [2.24, 2.45) is 0 Å². The Labute approximate surface area is 133 Å². The van der Waals surface area contributed by atoms with Crippen molar-refractivity contribution in [2.75, 3.05) is 12.4 Å². The monoisotopic (exact) mass is 317 g/mol. The van der Waals surface area contributed by atoms with E-state index in [1.165, 1.54) is 6.20 Å². The SMILES string of the molecule is CNC(=O)c1ccc(NC(=O)Cc2cccc(C)c2Cl)nc1. The third-order valence-electron chi connectivity index (χ3n) is 3.14. The first kappa shape index (κ1) is 16.0. The number of anilines is 1. The molecule has 0 unspecified atom stereocenters. The van der Waals surface area contributed by atoms with Gasteiger partial charge in [-0.15, -0.1) is 0 Å². The number of amides is 2. The van der Waals surface area contributed by atoms with Gasteiger partial charge in [0.2, 0.25) is 5.91 Å². The number of rotatable bonds is 4. The van der Waals surface area contributed by atoms with Crippen LogP contribution in [0.25, 0.3) is 0 Å². The zero-order chi connectivity index (χ0) is 16.1. The average Bonchev–Trinajstić information content (AvgIpc) is 2.52. The topological polar surface area (TPSA) is 71.1 Å². The Kier molecular flexibility index (Phi) is 5.12. The summed E-state index contributed by atoms with van der Waals surface area (Å²) in [5.74, 6) is -0.0500. The van der Waals surface area contributed by atoms with Crippen LogP contribution in [0.4, 0.5) is 5.82 Å². The van der Waals surface area contributed by atoms with Crippen molar-refractivity contribution in [3.63, 3.8) is 0 Å². The van der Waals surface area contributed by atoms with Crippen LogP contribution in [-0.2, 0) is 11.2 Å². The van der Waals surface area contributed by atoms with Crippen molar-refractivity contribution >= 4 is 29.2 Å². The maximum Gasteiger partial charge on any atom is 0.252 e. The molecule has 2 aromatic rings. The molecule has 2 amide bonds. The second-order valence-electron chi connectivity index (χ2n) is 4.78. The molecule has 0 radical (unpaired) electrons. The Morgan fingerprint density at radius 3 is 2.64 bits per heavy atom. The number of aromatic nitrogens is 1. The van der Waals surface area contributed by atoms with Crippen LogP contribution in [-0.4, -0.2) is 23.8 Å². The number of carbonyl (C=O) groups excluding carboxylic acids is 2. The molecule has 6 heteroatoms. The Bertz CT molecular complexity index is 699. The number of hydrogen-bond acceptors (Lipinski definition) is 3. The van der Waals surface area contributed by atoms with Gasteiger partial charge in [-0.3, -0.25) is 9.59 Å². The van der Waals surface area contributed by atoms with Crippen LogP contribution in [0.15, 0.2) is 36.5 Å². The first-order chi connectivity index (χ1) is 10.5. The molecule has 0 fully saturated rings. The van der Waals surface area contributed by atoms with Gasteiger partial charge in [0, 0.05) is 18.3 Å². The molecule has 0 atom stereocenters. The first-order valence-corrected chi connectivity index (χ1v) is 7.11. The molecule has 1 aromatic carbocycles. The Morgan fingerprint density at radius 2 is 2.00 bits per heavy atom. The fraction of sp³-hybridized carbons (Fsp3) is 0.188. The van der Waals surface area contributed by atoms with Crippen LogP contribution in [0, 0.1) is 6.92 Å². The maximum atomic E-state index is 12.0. The van der Waals surface area contributed by atoms with Crippen molar-refractivity contribution in [2.45, 2.75) is 13.3 Å². The number of benzene rings is 1. The number of nitrogens with zero attached hydrogens (tertiary/aromatic N) is 1. The van der Waals surface area contributed by atoms with Gasteiger partial charge in [0.1, 0.15) is 5.82 Å². The highest BCUT2D eigenvalue weighted by Crippen LogP contribution is 2.21. The normalized spacial score (nSPS) is 10.1. The van der Waals surface area contributed by atoms with Crippen LogP contribution in [0.3, 0.4) is 0 Å². The molecule has 22 heavy (non-hydrogen) atoms. The molecule has 0 saturated heterocycles. The minimum absolute atomic E-state index is 0.166. The molecule has 114 valence electrons. The number of hydrogen-bond donors (Lipinski definition) is 2. The van der Waals surface area contributed by atoms with Gasteiger partial charge in [0.25, 0.3) is 5.91 Å². The molecular formula is C16H16ClN3O2. The highest BCUT2D eigenvalue weighted by atomic mass is 35.5. The molecule has 0 aliphatic rings. The summed E-state index contributed by atoms with van der Waals surface area (Å²) >= 11 is 6.17. The molecule has 5 nitrogen and oxygen atoms in total. The van der Waals surface area contributed by atoms with Gasteiger partial charge in [0.05, 0.1) is 12.0 Å². The van der Waals surface area contributed by atoms with Crippen LogP contribution in [0.5, 0.6) is 0 Å². The molecular weight excluding hydrogens is 302 g/mol. The van der Waals surface area contributed by atoms with Crippen molar-refractivity contribution in [1.29, 1.82) is 0 Å². The lowest BCUT2D eigenvalue weighted by Gasteiger charge is -2.08. The van der Waals surface area contributed by atoms with E-state index >= 15 is 0 Å². The Hall–Kier alpha value is -2.40. The second kappa shape index (κ2) is 7.04. The summed E-state index contributed by atoms with van der Waals surface area (Å²) < 4.78 is 0. The average molecular weight is 318 g/mol. The van der Waals surface area contributed by atoms with Crippen molar-refractivity contribution < 1.29 is 9.59 Å². The van der Waals surface area contributed by atoms with E-state index < -0.39 is 0 Å². The van der Waals surface area contributed by atoms with Gasteiger partial charge in [-0.25, -0.2) is 4.98 Å². The lowest BCUT2D eigenvalue weighted by atomic mass is 10.1. The zero-order valence-corrected chi connectivity index (χ0v) is 13.1. The predicted molar refractivity (Wildman–Crippen MR) is 86.1 cm³/mol. The van der Waals surface area contributed by atoms with Crippen LogP contribution in [0.2, 0.25) is 5.02 Å². The summed E-state index contributed by atoms with van der Waals surface area (Å²) in [5, 5.41) is 5.78. The van der Waals surface area contributed by atoms with E-state index in [4.69, 9.17) is 11.6 Å². The largest absolute Gasteiger partial charge is 0.355 e. The molecule has 0 aliphatic heterocycles. The van der Waals surface area contributed by atoms with E-state index in [1.54, 1.807) is 19.2 Å². The number of carbonyl (C=O) groups is 2. The molecule has 2 rings (SSSR count). The third-order valence-corrected chi connectivity index (χ3v) is 3.68. The van der Waals surface area contributed by atoms with E-state index in [0.717, 1.165) is 11.1 Å². The molecule has 0 bridgehead atoms. The lowest BCUT2D eigenvalue weighted by Crippen LogP contribution is -2.19. The number of aryl methyl sites for hydroxylation is 1. The molecule has 1 heterocycles. The summed E-state index contributed by atoms with van der Waals surface area (Å²) in [5.41, 5.74) is 2.13. The van der Waals surface area contributed by atoms with Crippen molar-refractivity contribution in [3.05, 3.63) is 58.2 Å². The van der Waals surface area contributed by atoms with Crippen molar-refractivity contribution in [3.8, 4) is 0 Å². The van der Waals surface area contributed by atoms with Gasteiger partial charge in [-0.2, -0.15) is 0 Å². The number of nitrogens with one attached hydrogen (secondary N) is 2. The molecule has 2 N–H and O–H groups in total. The summed E-state index contributed by atoms with van der Waals surface area (Å²) in [6.07, 6.45) is 1.58. The second-order valence-corrected chi connectivity index (χ2v) is 5.16. The van der Waals surface area contributed by atoms with Gasteiger partial charge >= 0.3 is 0 Å². The summed E-state index contributed by atoms with van der Waals surface area (Å²) in [6.45, 7) is 1.89. The van der Waals surface area contributed by atoms with E-state index in [0.29, 0.717) is 16.4 Å².